The number of rotatable bonds is 14. The first-order valence-electron chi connectivity index (χ1n) is 15.0. The highest BCUT2D eigenvalue weighted by Crippen LogP contribution is 2.31. The fourth-order valence-electron chi connectivity index (χ4n) is 4.70. The van der Waals surface area contributed by atoms with Gasteiger partial charge in [-0.15, -0.1) is 5.10 Å². The van der Waals surface area contributed by atoms with Crippen LogP contribution in [-0.2, 0) is 24.5 Å². The molecule has 0 aliphatic rings. The third-order valence-corrected chi connectivity index (χ3v) is 7.06. The minimum absolute atomic E-state index is 0.125. The molecule has 0 aliphatic carbocycles. The summed E-state index contributed by atoms with van der Waals surface area (Å²) in [7, 11) is 1.56. The lowest BCUT2D eigenvalue weighted by atomic mass is 10.2. The van der Waals surface area contributed by atoms with E-state index in [9.17, 15) is 4.79 Å². The smallest absolute Gasteiger partial charge is 0.345 e. The van der Waals surface area contributed by atoms with Gasteiger partial charge in [0.15, 0.2) is 17.3 Å². The normalized spacial score (nSPS) is 10.9. The zero-order chi connectivity index (χ0) is 32.6. The van der Waals surface area contributed by atoms with Crippen molar-refractivity contribution in [1.29, 1.82) is 0 Å². The first kappa shape index (κ1) is 31.0. The van der Waals surface area contributed by atoms with Gasteiger partial charge in [0.2, 0.25) is 5.88 Å². The molecule has 0 unspecified atom stereocenters. The number of ether oxygens (including phenoxy) is 5. The van der Waals surface area contributed by atoms with Crippen LogP contribution < -0.4 is 18.9 Å². The van der Waals surface area contributed by atoms with Crippen molar-refractivity contribution in [3.05, 3.63) is 126 Å². The number of benzene rings is 3. The summed E-state index contributed by atoms with van der Waals surface area (Å²) in [5.74, 6) is 3.73. The Kier molecular flexibility index (Phi) is 9.52. The molecule has 0 spiro atoms. The molecule has 6 rings (SSSR count). The van der Waals surface area contributed by atoms with E-state index in [1.54, 1.807) is 55.4 Å². The van der Waals surface area contributed by atoms with Crippen molar-refractivity contribution in [2.45, 2.75) is 33.6 Å². The van der Waals surface area contributed by atoms with Gasteiger partial charge in [-0.25, -0.2) is 9.78 Å². The third kappa shape index (κ3) is 7.64. The first-order valence-corrected chi connectivity index (χ1v) is 15.0. The van der Waals surface area contributed by atoms with Crippen molar-refractivity contribution in [3.63, 3.8) is 0 Å². The van der Waals surface area contributed by atoms with Gasteiger partial charge in [-0.1, -0.05) is 36.4 Å². The highest BCUT2D eigenvalue weighted by molar-refractivity contribution is 5.91. The van der Waals surface area contributed by atoms with Gasteiger partial charge in [0.25, 0.3) is 5.89 Å². The lowest BCUT2D eigenvalue weighted by Gasteiger charge is -2.12. The van der Waals surface area contributed by atoms with E-state index in [1.165, 1.54) is 0 Å². The number of aryl methyl sites for hydroxylation is 1. The van der Waals surface area contributed by atoms with Gasteiger partial charge in [0.1, 0.15) is 41.7 Å². The van der Waals surface area contributed by atoms with E-state index in [2.05, 4.69) is 10.1 Å². The predicted molar refractivity (Wildman–Crippen MR) is 171 cm³/mol. The number of hydrogen-bond acceptors (Lipinski definition) is 10. The van der Waals surface area contributed by atoms with Gasteiger partial charge in [-0.3, -0.25) is 4.68 Å². The Hall–Kier alpha value is -5.97. The number of carbonyl (C=O) groups excluding carboxylic acids is 1. The van der Waals surface area contributed by atoms with Gasteiger partial charge in [0, 0.05) is 6.20 Å². The average molecular weight is 636 g/mol. The third-order valence-electron chi connectivity index (χ3n) is 7.06. The summed E-state index contributed by atoms with van der Waals surface area (Å²) in [6.07, 6.45) is 3.19. The molecule has 6 aromatic rings. The van der Waals surface area contributed by atoms with Crippen molar-refractivity contribution >= 4 is 5.97 Å². The molecule has 0 bridgehead atoms. The molecule has 0 atom stereocenters. The van der Waals surface area contributed by atoms with E-state index in [0.717, 1.165) is 22.6 Å². The van der Waals surface area contributed by atoms with Crippen LogP contribution in [0.15, 0.2) is 106 Å². The van der Waals surface area contributed by atoms with Crippen LogP contribution in [0.3, 0.4) is 0 Å². The largest absolute Gasteiger partial charge is 0.493 e. The second kappa shape index (κ2) is 14.4. The molecule has 240 valence electrons. The Morgan fingerprint density at radius 2 is 1.66 bits per heavy atom. The maximum absolute atomic E-state index is 12.8. The number of para-hydroxylation sites is 1. The number of oxazole rings is 1. The molecule has 0 fully saturated rings. The minimum atomic E-state index is -0.514. The number of furan rings is 1. The summed E-state index contributed by atoms with van der Waals surface area (Å²) in [6.45, 7) is 4.50. The van der Waals surface area contributed by atoms with E-state index in [-0.39, 0.29) is 31.3 Å². The molecule has 0 saturated carbocycles. The van der Waals surface area contributed by atoms with Crippen LogP contribution in [0.1, 0.15) is 39.9 Å². The summed E-state index contributed by atoms with van der Waals surface area (Å²) in [6, 6.07) is 26.2. The Balaban J connectivity index is 1.11. The topological polar surface area (TPSA) is 120 Å². The molecule has 0 N–H and O–H groups in total. The van der Waals surface area contributed by atoms with Gasteiger partial charge >= 0.3 is 5.97 Å². The van der Waals surface area contributed by atoms with E-state index in [4.69, 9.17) is 32.5 Å². The fourth-order valence-corrected chi connectivity index (χ4v) is 4.70. The Bertz CT molecular complexity index is 1910. The number of esters is 1. The maximum Gasteiger partial charge on any atom is 0.345 e. The zero-order valence-corrected chi connectivity index (χ0v) is 26.2. The van der Waals surface area contributed by atoms with E-state index >= 15 is 0 Å². The molecular weight excluding hydrogens is 602 g/mol. The SMILES string of the molecule is CCOC(=O)c1cn(Cc2ccc(Oc3ccccc3)cc2)nc1OCc1ccc(OCc2nc(-c3ccco3)oc2C)c(OC)c1. The molecule has 0 saturated heterocycles. The molecule has 0 amide bonds. The van der Waals surface area contributed by atoms with Crippen molar-refractivity contribution in [2.75, 3.05) is 13.7 Å². The fraction of sp³-hybridized carbons (Fsp3) is 0.194. The van der Waals surface area contributed by atoms with Crippen LogP contribution in [0, 0.1) is 6.92 Å². The number of carbonyl (C=O) groups is 1. The number of methoxy groups -OCH3 is 1. The van der Waals surface area contributed by atoms with Crippen LogP contribution in [0.25, 0.3) is 11.7 Å². The number of aromatic nitrogens is 3. The molecule has 3 aromatic carbocycles. The van der Waals surface area contributed by atoms with E-state index in [0.29, 0.717) is 41.1 Å². The van der Waals surface area contributed by atoms with Crippen molar-refractivity contribution in [1.82, 2.24) is 14.8 Å². The molecule has 3 aromatic heterocycles. The summed E-state index contributed by atoms with van der Waals surface area (Å²) in [5.41, 5.74) is 2.63. The Morgan fingerprint density at radius 1 is 0.872 bits per heavy atom. The van der Waals surface area contributed by atoms with Crippen molar-refractivity contribution in [3.8, 4) is 40.5 Å². The van der Waals surface area contributed by atoms with Crippen LogP contribution in [0.4, 0.5) is 0 Å². The molecule has 11 heteroatoms. The summed E-state index contributed by atoms with van der Waals surface area (Å²) in [4.78, 5) is 17.2. The minimum Gasteiger partial charge on any atom is -0.493 e. The van der Waals surface area contributed by atoms with E-state index in [1.807, 2.05) is 67.6 Å². The highest BCUT2D eigenvalue weighted by atomic mass is 16.5. The predicted octanol–water partition coefficient (Wildman–Crippen LogP) is 7.62. The lowest BCUT2D eigenvalue weighted by molar-refractivity contribution is 0.0521. The highest BCUT2D eigenvalue weighted by Gasteiger charge is 2.20. The summed E-state index contributed by atoms with van der Waals surface area (Å²) in [5, 5.41) is 4.55. The van der Waals surface area contributed by atoms with E-state index < -0.39 is 5.97 Å². The van der Waals surface area contributed by atoms with Crippen molar-refractivity contribution in [2.24, 2.45) is 0 Å². The van der Waals surface area contributed by atoms with Gasteiger partial charge < -0.3 is 32.5 Å². The Morgan fingerprint density at radius 3 is 2.40 bits per heavy atom. The number of nitrogens with zero attached hydrogens (tertiary/aromatic N) is 3. The molecule has 0 aliphatic heterocycles. The van der Waals surface area contributed by atoms with Crippen LogP contribution >= 0.6 is 0 Å². The quantitative estimate of drug-likeness (QED) is 0.111. The summed E-state index contributed by atoms with van der Waals surface area (Å²) < 4.78 is 41.5. The molecule has 3 heterocycles. The van der Waals surface area contributed by atoms with Crippen LogP contribution in [0.5, 0.6) is 28.9 Å². The summed E-state index contributed by atoms with van der Waals surface area (Å²) >= 11 is 0. The monoisotopic (exact) mass is 635 g/mol. The lowest BCUT2D eigenvalue weighted by Crippen LogP contribution is -2.07. The van der Waals surface area contributed by atoms with Crippen molar-refractivity contribution < 1.29 is 37.3 Å². The van der Waals surface area contributed by atoms with Crippen LogP contribution in [-0.4, -0.2) is 34.5 Å². The second-order valence-electron chi connectivity index (χ2n) is 10.4. The Labute approximate surface area is 271 Å². The molecular formula is C36H33N3O8. The van der Waals surface area contributed by atoms with Gasteiger partial charge in [-0.05, 0) is 73.5 Å². The molecule has 47 heavy (non-hydrogen) atoms. The molecule has 0 radical (unpaired) electrons. The van der Waals surface area contributed by atoms with Gasteiger partial charge in [0.05, 0.1) is 26.5 Å². The molecule has 11 nitrogen and oxygen atoms in total. The van der Waals surface area contributed by atoms with Gasteiger partial charge in [-0.2, -0.15) is 0 Å². The number of hydrogen-bond donors (Lipinski definition) is 0. The standard InChI is InChI=1S/C36H33N3O8/c1-4-42-36(40)29-21-39(20-25-12-15-28(16-13-25)47-27-9-6-5-7-10-27)38-34(29)45-22-26-14-17-31(33(19-26)41-3)44-23-30-24(2)46-35(37-30)32-11-8-18-43-32/h5-19,21H,4,20,22-23H2,1-3H3. The first-order chi connectivity index (χ1) is 23.0. The maximum atomic E-state index is 12.8. The zero-order valence-electron chi connectivity index (χ0n) is 26.2. The van der Waals surface area contributed by atoms with Crippen LogP contribution in [0.2, 0.25) is 0 Å². The second-order valence-corrected chi connectivity index (χ2v) is 10.4. The average Bonchev–Trinajstić information content (AvgIpc) is 3.85.